The summed E-state index contributed by atoms with van der Waals surface area (Å²) in [5.74, 6) is 0.626. The zero-order valence-corrected chi connectivity index (χ0v) is 15.5. The Bertz CT molecular complexity index is 790. The first kappa shape index (κ1) is 17.5. The molecule has 6 heteroatoms. The topological polar surface area (TPSA) is 58.6 Å². The van der Waals surface area contributed by atoms with Crippen molar-refractivity contribution < 1.29 is 14.3 Å². The van der Waals surface area contributed by atoms with Crippen molar-refractivity contribution in [3.05, 3.63) is 58.1 Å². The van der Waals surface area contributed by atoms with Crippen molar-refractivity contribution in [1.29, 1.82) is 0 Å². The molecule has 1 fully saturated rings. The third-order valence-electron chi connectivity index (χ3n) is 4.19. The molecule has 0 aromatic heterocycles. The number of benzene rings is 2. The van der Waals surface area contributed by atoms with E-state index in [9.17, 15) is 9.59 Å². The summed E-state index contributed by atoms with van der Waals surface area (Å²) in [5, 5.41) is 2.90. The Kier molecular flexibility index (Phi) is 5.38. The fourth-order valence-electron chi connectivity index (χ4n) is 2.80. The van der Waals surface area contributed by atoms with Crippen LogP contribution in [0, 0.1) is 0 Å². The third kappa shape index (κ3) is 4.02. The zero-order chi connectivity index (χ0) is 17.8. The smallest absolute Gasteiger partial charge is 0.252 e. The van der Waals surface area contributed by atoms with Crippen molar-refractivity contribution in [3.63, 3.8) is 0 Å². The number of hydrogen-bond acceptors (Lipinski definition) is 3. The molecule has 0 bridgehead atoms. The molecule has 0 aliphatic carbocycles. The van der Waals surface area contributed by atoms with Crippen LogP contribution in [0.1, 0.15) is 28.8 Å². The van der Waals surface area contributed by atoms with E-state index >= 15 is 0 Å². The first-order valence-corrected chi connectivity index (χ1v) is 8.89. The van der Waals surface area contributed by atoms with Crippen LogP contribution in [0.15, 0.2) is 46.9 Å². The number of nitrogens with zero attached hydrogens (tertiary/aromatic N) is 1. The first-order chi connectivity index (χ1) is 12.1. The molecule has 130 valence electrons. The van der Waals surface area contributed by atoms with Gasteiger partial charge in [-0.2, -0.15) is 0 Å². The van der Waals surface area contributed by atoms with Gasteiger partial charge in [-0.15, -0.1) is 0 Å². The predicted molar refractivity (Wildman–Crippen MR) is 99.9 cm³/mol. The van der Waals surface area contributed by atoms with E-state index in [0.29, 0.717) is 28.8 Å². The van der Waals surface area contributed by atoms with Crippen LogP contribution in [0.4, 0.5) is 5.69 Å². The van der Waals surface area contributed by atoms with Crippen molar-refractivity contribution in [2.75, 3.05) is 18.6 Å². The summed E-state index contributed by atoms with van der Waals surface area (Å²) >= 11 is 3.39. The number of nitrogens with one attached hydrogen (secondary N) is 1. The van der Waals surface area contributed by atoms with Gasteiger partial charge in [0, 0.05) is 29.7 Å². The molecule has 0 unspecified atom stereocenters. The molecule has 0 radical (unpaired) electrons. The summed E-state index contributed by atoms with van der Waals surface area (Å²) in [4.78, 5) is 25.9. The monoisotopic (exact) mass is 402 g/mol. The Labute approximate surface area is 155 Å². The van der Waals surface area contributed by atoms with Crippen molar-refractivity contribution in [3.8, 4) is 5.75 Å². The molecule has 2 aromatic rings. The standard InChI is InChI=1S/C19H19BrN2O3/c1-25-15-8-9-17(20)16(11-15)19(24)21-12-13-4-6-14(7-5-13)22-10-2-3-18(22)23/h4-9,11H,2-3,10,12H2,1H3,(H,21,24). The lowest BCUT2D eigenvalue weighted by Crippen LogP contribution is -2.24. The highest BCUT2D eigenvalue weighted by atomic mass is 79.9. The van der Waals surface area contributed by atoms with Crippen LogP contribution < -0.4 is 15.0 Å². The fraction of sp³-hybridized carbons (Fsp3) is 0.263. The molecular formula is C19H19BrN2O3. The number of anilines is 1. The maximum Gasteiger partial charge on any atom is 0.252 e. The van der Waals surface area contributed by atoms with Gasteiger partial charge in [0.15, 0.2) is 0 Å². The number of carbonyl (C=O) groups is 2. The van der Waals surface area contributed by atoms with E-state index in [1.807, 2.05) is 24.3 Å². The Morgan fingerprint density at radius 2 is 2.00 bits per heavy atom. The molecule has 25 heavy (non-hydrogen) atoms. The van der Waals surface area contributed by atoms with E-state index in [4.69, 9.17) is 4.74 Å². The van der Waals surface area contributed by atoms with Crippen LogP contribution in [0.2, 0.25) is 0 Å². The molecule has 2 amide bonds. The van der Waals surface area contributed by atoms with Gasteiger partial charge >= 0.3 is 0 Å². The van der Waals surface area contributed by atoms with Crippen molar-refractivity contribution >= 4 is 33.4 Å². The van der Waals surface area contributed by atoms with Gasteiger partial charge in [-0.1, -0.05) is 12.1 Å². The number of carbonyl (C=O) groups excluding carboxylic acids is 2. The lowest BCUT2D eigenvalue weighted by atomic mass is 10.1. The Balaban J connectivity index is 1.63. The van der Waals surface area contributed by atoms with Crippen molar-refractivity contribution in [1.82, 2.24) is 5.32 Å². The lowest BCUT2D eigenvalue weighted by molar-refractivity contribution is -0.117. The molecule has 1 N–H and O–H groups in total. The van der Waals surface area contributed by atoms with Gasteiger partial charge in [-0.25, -0.2) is 0 Å². The molecule has 0 spiro atoms. The fourth-order valence-corrected chi connectivity index (χ4v) is 3.22. The first-order valence-electron chi connectivity index (χ1n) is 8.09. The minimum absolute atomic E-state index is 0.170. The number of methoxy groups -OCH3 is 1. The summed E-state index contributed by atoms with van der Waals surface area (Å²) in [6, 6.07) is 13.0. The van der Waals surface area contributed by atoms with Crippen molar-refractivity contribution in [2.24, 2.45) is 0 Å². The summed E-state index contributed by atoms with van der Waals surface area (Å²) in [5.41, 5.74) is 2.41. The summed E-state index contributed by atoms with van der Waals surface area (Å²) in [6.07, 6.45) is 1.53. The molecular weight excluding hydrogens is 384 g/mol. The van der Waals surface area contributed by atoms with Crippen LogP contribution in [0.25, 0.3) is 0 Å². The van der Waals surface area contributed by atoms with Crippen LogP contribution in [-0.2, 0) is 11.3 Å². The van der Waals surface area contributed by atoms with Gasteiger partial charge in [0.2, 0.25) is 5.91 Å². The second kappa shape index (κ2) is 7.70. The number of amides is 2. The highest BCUT2D eigenvalue weighted by Gasteiger charge is 2.21. The van der Waals surface area contributed by atoms with Crippen LogP contribution >= 0.6 is 15.9 Å². The second-order valence-electron chi connectivity index (χ2n) is 5.84. The van der Waals surface area contributed by atoms with Gasteiger partial charge in [-0.3, -0.25) is 9.59 Å². The van der Waals surface area contributed by atoms with Gasteiger partial charge in [-0.05, 0) is 58.2 Å². The average Bonchev–Trinajstić information content (AvgIpc) is 3.06. The molecule has 0 saturated carbocycles. The molecule has 1 aliphatic heterocycles. The molecule has 0 atom stereocenters. The molecule has 2 aromatic carbocycles. The minimum Gasteiger partial charge on any atom is -0.497 e. The van der Waals surface area contributed by atoms with Gasteiger partial charge in [0.05, 0.1) is 12.7 Å². The Morgan fingerprint density at radius 1 is 1.24 bits per heavy atom. The van der Waals surface area contributed by atoms with Crippen LogP contribution in [0.3, 0.4) is 0 Å². The quantitative estimate of drug-likeness (QED) is 0.831. The Morgan fingerprint density at radius 3 is 2.64 bits per heavy atom. The Hall–Kier alpha value is -2.34. The van der Waals surface area contributed by atoms with E-state index in [-0.39, 0.29) is 11.8 Å². The number of rotatable bonds is 5. The maximum absolute atomic E-state index is 12.4. The molecule has 5 nitrogen and oxygen atoms in total. The zero-order valence-electron chi connectivity index (χ0n) is 13.9. The van der Waals surface area contributed by atoms with E-state index in [2.05, 4.69) is 21.2 Å². The summed E-state index contributed by atoms with van der Waals surface area (Å²) in [7, 11) is 1.57. The van der Waals surface area contributed by atoms with Gasteiger partial charge in [0.1, 0.15) is 5.75 Å². The lowest BCUT2D eigenvalue weighted by Gasteiger charge is -2.16. The minimum atomic E-state index is -0.176. The largest absolute Gasteiger partial charge is 0.497 e. The molecule has 3 rings (SSSR count). The summed E-state index contributed by atoms with van der Waals surface area (Å²) in [6.45, 7) is 1.19. The normalized spacial score (nSPS) is 13.8. The number of halogens is 1. The van der Waals surface area contributed by atoms with Gasteiger partial charge < -0.3 is 15.0 Å². The highest BCUT2D eigenvalue weighted by Crippen LogP contribution is 2.23. The molecule has 1 saturated heterocycles. The summed E-state index contributed by atoms with van der Waals surface area (Å²) < 4.78 is 5.88. The van der Waals surface area contributed by atoms with Crippen LogP contribution in [-0.4, -0.2) is 25.5 Å². The maximum atomic E-state index is 12.4. The van der Waals surface area contributed by atoms with E-state index < -0.39 is 0 Å². The second-order valence-corrected chi connectivity index (χ2v) is 6.70. The van der Waals surface area contributed by atoms with Gasteiger partial charge in [0.25, 0.3) is 5.91 Å². The van der Waals surface area contributed by atoms with E-state index in [1.54, 1.807) is 30.2 Å². The average molecular weight is 403 g/mol. The predicted octanol–water partition coefficient (Wildman–Crippen LogP) is 3.51. The third-order valence-corrected chi connectivity index (χ3v) is 4.88. The highest BCUT2D eigenvalue weighted by molar-refractivity contribution is 9.10. The number of ether oxygens (including phenoxy) is 1. The van der Waals surface area contributed by atoms with E-state index in [1.165, 1.54) is 0 Å². The van der Waals surface area contributed by atoms with E-state index in [0.717, 1.165) is 24.2 Å². The van der Waals surface area contributed by atoms with Crippen LogP contribution in [0.5, 0.6) is 5.75 Å². The SMILES string of the molecule is COc1ccc(Br)c(C(=O)NCc2ccc(N3CCCC3=O)cc2)c1. The van der Waals surface area contributed by atoms with Crippen molar-refractivity contribution in [2.45, 2.75) is 19.4 Å². The molecule has 1 heterocycles. The molecule has 1 aliphatic rings. The number of hydrogen-bond donors (Lipinski definition) is 1.